The van der Waals surface area contributed by atoms with Crippen LogP contribution in [0.25, 0.3) is 11.4 Å². The molecule has 3 aromatic rings. The van der Waals surface area contributed by atoms with Gasteiger partial charge < -0.3 is 4.90 Å². The third kappa shape index (κ3) is 3.62. The minimum atomic E-state index is -0.128. The Kier molecular flexibility index (Phi) is 4.50. The fourth-order valence-electron chi connectivity index (χ4n) is 3.12. The Balaban J connectivity index is 1.50. The molecule has 1 fully saturated rings. The highest BCUT2D eigenvalue weighted by Gasteiger charge is 2.22. The average Bonchev–Trinajstić information content (AvgIpc) is 3.31. The van der Waals surface area contributed by atoms with Crippen LogP contribution in [0, 0.1) is 6.92 Å². The summed E-state index contributed by atoms with van der Waals surface area (Å²) in [6.45, 7) is 2.70. The van der Waals surface area contributed by atoms with Gasteiger partial charge in [0.1, 0.15) is 6.54 Å². The topological polar surface area (TPSA) is 81.0 Å². The van der Waals surface area contributed by atoms with Crippen molar-refractivity contribution >= 4 is 17.4 Å². The highest BCUT2D eigenvalue weighted by molar-refractivity contribution is 5.99. The lowest BCUT2D eigenvalue weighted by Crippen LogP contribution is -2.24. The Morgan fingerprint density at radius 3 is 2.70 bits per heavy atom. The van der Waals surface area contributed by atoms with Crippen molar-refractivity contribution in [1.82, 2.24) is 20.2 Å². The number of tetrazole rings is 1. The molecule has 7 heteroatoms. The van der Waals surface area contributed by atoms with E-state index in [2.05, 4.69) is 15.4 Å². The highest BCUT2D eigenvalue weighted by atomic mass is 16.2. The molecule has 136 valence electrons. The van der Waals surface area contributed by atoms with Crippen LogP contribution in [-0.2, 0) is 11.3 Å². The van der Waals surface area contributed by atoms with Crippen LogP contribution in [0.4, 0.5) is 5.69 Å². The third-order valence-electron chi connectivity index (χ3n) is 4.60. The van der Waals surface area contributed by atoms with Crippen molar-refractivity contribution in [3.05, 3.63) is 59.7 Å². The van der Waals surface area contributed by atoms with E-state index >= 15 is 0 Å². The van der Waals surface area contributed by atoms with Gasteiger partial charge in [0.05, 0.1) is 0 Å². The van der Waals surface area contributed by atoms with Crippen LogP contribution >= 0.6 is 0 Å². The largest absolute Gasteiger partial charge is 0.312 e. The highest BCUT2D eigenvalue weighted by Crippen LogP contribution is 2.22. The molecule has 1 aliphatic rings. The van der Waals surface area contributed by atoms with Crippen molar-refractivity contribution in [3.8, 4) is 11.4 Å². The minimum Gasteiger partial charge on any atom is -0.312 e. The number of Topliss-reactive ketones (excluding diaryl/α,β-unsaturated/α-hetero) is 1. The predicted molar refractivity (Wildman–Crippen MR) is 100 cm³/mol. The van der Waals surface area contributed by atoms with Gasteiger partial charge in [-0.2, -0.15) is 4.80 Å². The molecule has 1 amide bonds. The first-order valence-corrected chi connectivity index (χ1v) is 8.88. The number of anilines is 1. The summed E-state index contributed by atoms with van der Waals surface area (Å²) in [4.78, 5) is 27.6. The summed E-state index contributed by atoms with van der Waals surface area (Å²) in [6.07, 6.45) is 1.41. The number of carbonyl (C=O) groups is 2. The molecule has 0 N–H and O–H groups in total. The van der Waals surface area contributed by atoms with Crippen LogP contribution < -0.4 is 4.90 Å². The quantitative estimate of drug-likeness (QED) is 0.653. The van der Waals surface area contributed by atoms with E-state index in [1.807, 2.05) is 37.3 Å². The molecule has 0 unspecified atom stereocenters. The van der Waals surface area contributed by atoms with Gasteiger partial charge in [-0.05, 0) is 30.7 Å². The molecular formula is C20H19N5O2. The lowest BCUT2D eigenvalue weighted by Gasteiger charge is -2.16. The number of nitrogens with zero attached hydrogens (tertiary/aromatic N) is 5. The van der Waals surface area contributed by atoms with Gasteiger partial charge in [0.15, 0.2) is 5.78 Å². The number of rotatable bonds is 5. The van der Waals surface area contributed by atoms with E-state index in [-0.39, 0.29) is 18.2 Å². The predicted octanol–water partition coefficient (Wildman–Crippen LogP) is 2.66. The number of hydrogen-bond donors (Lipinski definition) is 0. The fraction of sp³-hybridized carbons (Fsp3) is 0.250. The van der Waals surface area contributed by atoms with E-state index in [4.69, 9.17) is 0 Å². The molecular weight excluding hydrogens is 342 g/mol. The van der Waals surface area contributed by atoms with Crippen LogP contribution in [0.3, 0.4) is 0 Å². The Hall–Kier alpha value is -3.35. The summed E-state index contributed by atoms with van der Waals surface area (Å²) in [6, 6.07) is 14.9. The van der Waals surface area contributed by atoms with Crippen molar-refractivity contribution in [1.29, 1.82) is 0 Å². The van der Waals surface area contributed by atoms with Gasteiger partial charge in [0.2, 0.25) is 11.7 Å². The summed E-state index contributed by atoms with van der Waals surface area (Å²) in [5.74, 6) is 0.454. The number of amides is 1. The van der Waals surface area contributed by atoms with Crippen LogP contribution in [0.2, 0.25) is 0 Å². The first-order valence-electron chi connectivity index (χ1n) is 8.88. The Bertz CT molecular complexity index is 994. The second-order valence-corrected chi connectivity index (χ2v) is 6.63. The number of aromatic nitrogens is 4. The maximum absolute atomic E-state index is 12.6. The minimum absolute atomic E-state index is 0.00371. The van der Waals surface area contributed by atoms with E-state index in [9.17, 15) is 9.59 Å². The number of hydrogen-bond acceptors (Lipinski definition) is 5. The lowest BCUT2D eigenvalue weighted by molar-refractivity contribution is -0.117. The molecule has 0 bridgehead atoms. The van der Waals surface area contributed by atoms with Crippen LogP contribution in [0.1, 0.15) is 28.8 Å². The van der Waals surface area contributed by atoms with Gasteiger partial charge >= 0.3 is 0 Å². The van der Waals surface area contributed by atoms with E-state index in [0.717, 1.165) is 23.2 Å². The van der Waals surface area contributed by atoms with Crippen LogP contribution in [0.5, 0.6) is 0 Å². The Morgan fingerprint density at radius 2 is 1.96 bits per heavy atom. The summed E-state index contributed by atoms with van der Waals surface area (Å²) in [7, 11) is 0. The number of carbonyl (C=O) groups excluding carboxylic acids is 2. The van der Waals surface area contributed by atoms with E-state index in [1.54, 1.807) is 23.1 Å². The van der Waals surface area contributed by atoms with Gasteiger partial charge in [-0.15, -0.1) is 10.2 Å². The molecule has 1 aromatic heterocycles. The molecule has 4 rings (SSSR count). The fourth-order valence-corrected chi connectivity index (χ4v) is 3.12. The number of benzene rings is 2. The zero-order chi connectivity index (χ0) is 18.8. The maximum Gasteiger partial charge on any atom is 0.227 e. The lowest BCUT2D eigenvalue weighted by atomic mass is 10.1. The molecule has 0 saturated carbocycles. The third-order valence-corrected chi connectivity index (χ3v) is 4.60. The summed E-state index contributed by atoms with van der Waals surface area (Å²) >= 11 is 0. The monoisotopic (exact) mass is 361 g/mol. The smallest absolute Gasteiger partial charge is 0.227 e. The van der Waals surface area contributed by atoms with Crippen LogP contribution in [0.15, 0.2) is 48.5 Å². The Morgan fingerprint density at radius 1 is 1.15 bits per heavy atom. The second kappa shape index (κ2) is 7.11. The van der Waals surface area contributed by atoms with E-state index < -0.39 is 0 Å². The van der Waals surface area contributed by atoms with Crippen molar-refractivity contribution < 1.29 is 9.59 Å². The van der Waals surface area contributed by atoms with Crippen molar-refractivity contribution in [2.24, 2.45) is 0 Å². The molecule has 0 spiro atoms. The Labute approximate surface area is 156 Å². The molecule has 27 heavy (non-hydrogen) atoms. The van der Waals surface area contributed by atoms with E-state index in [0.29, 0.717) is 24.4 Å². The number of aryl methyl sites for hydroxylation is 1. The molecule has 1 saturated heterocycles. The number of ketones is 1. The van der Waals surface area contributed by atoms with Crippen molar-refractivity contribution in [3.63, 3.8) is 0 Å². The second-order valence-electron chi connectivity index (χ2n) is 6.63. The van der Waals surface area contributed by atoms with E-state index in [1.165, 1.54) is 4.80 Å². The normalized spacial score (nSPS) is 14.0. The van der Waals surface area contributed by atoms with Gasteiger partial charge in [-0.1, -0.05) is 42.0 Å². The standard InChI is InChI=1S/C20H19N5O2/c1-14-7-9-15(10-8-14)20-21-23-25(22-20)13-18(26)16-4-2-5-17(12-16)24-11-3-6-19(24)27/h2,4-5,7-10,12H,3,6,11,13H2,1H3. The zero-order valence-corrected chi connectivity index (χ0v) is 15.0. The summed E-state index contributed by atoms with van der Waals surface area (Å²) < 4.78 is 0. The van der Waals surface area contributed by atoms with Gasteiger partial charge in [-0.3, -0.25) is 9.59 Å². The van der Waals surface area contributed by atoms with Gasteiger partial charge in [0, 0.05) is 29.8 Å². The first-order chi connectivity index (χ1) is 13.1. The van der Waals surface area contributed by atoms with Crippen molar-refractivity contribution in [2.75, 3.05) is 11.4 Å². The molecule has 0 aliphatic carbocycles. The maximum atomic E-state index is 12.6. The van der Waals surface area contributed by atoms with Gasteiger partial charge in [-0.25, -0.2) is 0 Å². The molecule has 2 heterocycles. The summed E-state index contributed by atoms with van der Waals surface area (Å²) in [5, 5.41) is 12.3. The SMILES string of the molecule is Cc1ccc(-c2nnn(CC(=O)c3cccc(N4CCCC4=O)c3)n2)cc1. The zero-order valence-electron chi connectivity index (χ0n) is 15.0. The molecule has 0 radical (unpaired) electrons. The molecule has 1 aliphatic heterocycles. The average molecular weight is 361 g/mol. The molecule has 7 nitrogen and oxygen atoms in total. The summed E-state index contributed by atoms with van der Waals surface area (Å²) in [5.41, 5.74) is 3.29. The van der Waals surface area contributed by atoms with Crippen LogP contribution in [-0.4, -0.2) is 38.4 Å². The molecule has 2 aromatic carbocycles. The van der Waals surface area contributed by atoms with Crippen molar-refractivity contribution in [2.45, 2.75) is 26.3 Å². The first kappa shape index (κ1) is 17.1. The van der Waals surface area contributed by atoms with Gasteiger partial charge in [0.25, 0.3) is 0 Å². The molecule has 0 atom stereocenters.